The van der Waals surface area contributed by atoms with Gasteiger partial charge in [0.05, 0.1) is 10.6 Å². The molecule has 8 heteroatoms. The lowest BCUT2D eigenvalue weighted by Crippen LogP contribution is -2.55. The van der Waals surface area contributed by atoms with Crippen molar-refractivity contribution in [3.63, 3.8) is 0 Å². The molecule has 22 heavy (non-hydrogen) atoms. The molecular formula is C14H13BrClN3O3. The molecule has 2 saturated heterocycles. The molecule has 116 valence electrons. The molecule has 2 aliphatic rings. The number of urea groups is 1. The number of hydrogen-bond acceptors (Lipinski definition) is 3. The number of rotatable bonds is 1. The van der Waals surface area contributed by atoms with Gasteiger partial charge in [-0.3, -0.25) is 14.9 Å². The largest absolute Gasteiger partial charge is 0.338 e. The summed E-state index contributed by atoms with van der Waals surface area (Å²) in [5.41, 5.74) is -0.446. The zero-order chi connectivity index (χ0) is 15.9. The maximum atomic E-state index is 12.5. The maximum absolute atomic E-state index is 12.5. The molecule has 4 amide bonds. The van der Waals surface area contributed by atoms with E-state index in [1.54, 1.807) is 23.1 Å². The molecule has 2 heterocycles. The van der Waals surface area contributed by atoms with E-state index >= 15 is 0 Å². The van der Waals surface area contributed by atoms with Gasteiger partial charge in [0.2, 0.25) is 0 Å². The van der Waals surface area contributed by atoms with Gasteiger partial charge in [0, 0.05) is 17.6 Å². The second kappa shape index (κ2) is 5.55. The molecule has 2 N–H and O–H groups in total. The monoisotopic (exact) mass is 385 g/mol. The van der Waals surface area contributed by atoms with Crippen molar-refractivity contribution >= 4 is 45.4 Å². The zero-order valence-electron chi connectivity index (χ0n) is 11.5. The van der Waals surface area contributed by atoms with Crippen LogP contribution in [0.1, 0.15) is 23.2 Å². The van der Waals surface area contributed by atoms with Crippen molar-refractivity contribution in [2.75, 3.05) is 13.1 Å². The van der Waals surface area contributed by atoms with Gasteiger partial charge in [-0.1, -0.05) is 27.5 Å². The van der Waals surface area contributed by atoms with Gasteiger partial charge in [-0.05, 0) is 31.0 Å². The fourth-order valence-corrected chi connectivity index (χ4v) is 3.56. The molecule has 3 rings (SSSR count). The quantitative estimate of drug-likeness (QED) is 0.724. The third-order valence-electron chi connectivity index (χ3n) is 4.08. The number of nitrogens with zero attached hydrogens (tertiary/aromatic N) is 1. The van der Waals surface area contributed by atoms with E-state index in [0.717, 1.165) is 4.47 Å². The standard InChI is InChI=1S/C14H13BrClN3O3/c15-8-1-2-9(10(16)7-8)11(20)19-5-3-14(4-6-19)12(21)17-13(22)18-14/h1-2,7H,3-6H2,(H2,17,18,21,22). The highest BCUT2D eigenvalue weighted by molar-refractivity contribution is 9.10. The highest BCUT2D eigenvalue weighted by Crippen LogP contribution is 2.28. The van der Waals surface area contributed by atoms with E-state index in [9.17, 15) is 14.4 Å². The van der Waals surface area contributed by atoms with Crippen molar-refractivity contribution in [3.05, 3.63) is 33.3 Å². The summed E-state index contributed by atoms with van der Waals surface area (Å²) < 4.78 is 0.803. The summed E-state index contributed by atoms with van der Waals surface area (Å²) >= 11 is 9.41. The van der Waals surface area contributed by atoms with E-state index in [0.29, 0.717) is 36.5 Å². The van der Waals surface area contributed by atoms with E-state index in [2.05, 4.69) is 26.6 Å². The van der Waals surface area contributed by atoms with Crippen LogP contribution in [0.5, 0.6) is 0 Å². The van der Waals surface area contributed by atoms with Gasteiger partial charge in [-0.25, -0.2) is 4.79 Å². The highest BCUT2D eigenvalue weighted by Gasteiger charge is 2.48. The van der Waals surface area contributed by atoms with Gasteiger partial charge in [0.15, 0.2) is 0 Å². The van der Waals surface area contributed by atoms with Crippen LogP contribution < -0.4 is 10.6 Å². The fraction of sp³-hybridized carbons (Fsp3) is 0.357. The Morgan fingerprint density at radius 1 is 1.27 bits per heavy atom. The number of piperidine rings is 1. The van der Waals surface area contributed by atoms with Crippen LogP contribution in [-0.4, -0.2) is 41.4 Å². The second-order valence-corrected chi connectivity index (χ2v) is 6.73. The molecule has 2 aliphatic heterocycles. The predicted molar refractivity (Wildman–Crippen MR) is 83.7 cm³/mol. The average Bonchev–Trinajstić information content (AvgIpc) is 2.73. The van der Waals surface area contributed by atoms with E-state index in [1.165, 1.54) is 0 Å². The van der Waals surface area contributed by atoms with Gasteiger partial charge >= 0.3 is 6.03 Å². The van der Waals surface area contributed by atoms with Gasteiger partial charge in [-0.15, -0.1) is 0 Å². The molecule has 0 aromatic heterocycles. The predicted octanol–water partition coefficient (Wildman–Crippen LogP) is 1.92. The first-order valence-corrected chi connectivity index (χ1v) is 7.96. The summed E-state index contributed by atoms with van der Waals surface area (Å²) in [6.45, 7) is 0.776. The van der Waals surface area contributed by atoms with Crippen LogP contribution in [0.15, 0.2) is 22.7 Å². The number of carbonyl (C=O) groups excluding carboxylic acids is 3. The zero-order valence-corrected chi connectivity index (χ0v) is 13.8. The summed E-state index contributed by atoms with van der Waals surface area (Å²) in [6, 6.07) is 4.63. The van der Waals surface area contributed by atoms with Crippen LogP contribution in [0.4, 0.5) is 4.79 Å². The number of hydrogen-bond donors (Lipinski definition) is 2. The summed E-state index contributed by atoms with van der Waals surface area (Å²) in [5, 5.41) is 5.30. The van der Waals surface area contributed by atoms with Crippen LogP contribution in [0.3, 0.4) is 0 Å². The van der Waals surface area contributed by atoms with Crippen molar-refractivity contribution in [2.45, 2.75) is 18.4 Å². The van der Waals surface area contributed by atoms with Gasteiger partial charge < -0.3 is 10.2 Å². The Kier molecular flexibility index (Phi) is 3.86. The number of carbonyl (C=O) groups is 3. The molecule has 1 spiro atoms. The molecule has 0 aliphatic carbocycles. The average molecular weight is 387 g/mol. The Hall–Kier alpha value is -1.60. The van der Waals surface area contributed by atoms with E-state index in [1.807, 2.05) is 0 Å². The Balaban J connectivity index is 1.72. The van der Waals surface area contributed by atoms with E-state index in [4.69, 9.17) is 11.6 Å². The third-order valence-corrected chi connectivity index (χ3v) is 4.89. The first-order chi connectivity index (χ1) is 10.4. The molecule has 1 aromatic rings. The van der Waals surface area contributed by atoms with E-state index < -0.39 is 11.6 Å². The number of halogens is 2. The molecule has 0 saturated carbocycles. The molecule has 0 unspecified atom stereocenters. The van der Waals surface area contributed by atoms with Gasteiger partial charge in [0.1, 0.15) is 5.54 Å². The van der Waals surface area contributed by atoms with Crippen LogP contribution >= 0.6 is 27.5 Å². The Bertz CT molecular complexity index is 671. The molecule has 0 radical (unpaired) electrons. The van der Waals surface area contributed by atoms with Crippen molar-refractivity contribution < 1.29 is 14.4 Å². The molecule has 2 fully saturated rings. The van der Waals surface area contributed by atoms with Crippen LogP contribution in [0, 0.1) is 0 Å². The van der Waals surface area contributed by atoms with E-state index in [-0.39, 0.29) is 11.8 Å². The van der Waals surface area contributed by atoms with Crippen molar-refractivity contribution in [2.24, 2.45) is 0 Å². The third kappa shape index (κ3) is 2.59. The topological polar surface area (TPSA) is 78.5 Å². The number of benzene rings is 1. The number of nitrogens with one attached hydrogen (secondary N) is 2. The fourth-order valence-electron chi connectivity index (χ4n) is 2.80. The van der Waals surface area contributed by atoms with Crippen LogP contribution in [0.25, 0.3) is 0 Å². The first-order valence-electron chi connectivity index (χ1n) is 6.79. The van der Waals surface area contributed by atoms with Crippen LogP contribution in [0.2, 0.25) is 5.02 Å². The minimum atomic E-state index is -0.878. The number of likely N-dealkylation sites (tertiary alicyclic amines) is 1. The Morgan fingerprint density at radius 3 is 2.50 bits per heavy atom. The van der Waals surface area contributed by atoms with Crippen molar-refractivity contribution in [1.82, 2.24) is 15.5 Å². The lowest BCUT2D eigenvalue weighted by atomic mass is 9.87. The summed E-state index contributed by atoms with van der Waals surface area (Å²) in [5.74, 6) is -0.483. The Morgan fingerprint density at radius 2 is 1.95 bits per heavy atom. The highest BCUT2D eigenvalue weighted by atomic mass is 79.9. The molecule has 6 nitrogen and oxygen atoms in total. The summed E-state index contributed by atoms with van der Waals surface area (Å²) in [4.78, 5) is 37.3. The minimum Gasteiger partial charge on any atom is -0.338 e. The number of imide groups is 1. The SMILES string of the molecule is O=C1NC(=O)C2(CCN(C(=O)c3ccc(Br)cc3Cl)CC2)N1. The normalized spacial score (nSPS) is 20.0. The minimum absolute atomic E-state index is 0.169. The smallest absolute Gasteiger partial charge is 0.322 e. The molecule has 0 atom stereocenters. The number of amides is 4. The maximum Gasteiger partial charge on any atom is 0.322 e. The first kappa shape index (κ1) is 15.3. The lowest BCUT2D eigenvalue weighted by Gasteiger charge is -2.37. The second-order valence-electron chi connectivity index (χ2n) is 5.41. The summed E-state index contributed by atoms with van der Waals surface area (Å²) in [7, 11) is 0. The van der Waals surface area contributed by atoms with Crippen molar-refractivity contribution in [3.8, 4) is 0 Å². The molecule has 1 aromatic carbocycles. The van der Waals surface area contributed by atoms with Gasteiger partial charge in [0.25, 0.3) is 11.8 Å². The molecular weight excluding hydrogens is 374 g/mol. The summed E-state index contributed by atoms with van der Waals surface area (Å²) in [6.07, 6.45) is 0.787. The van der Waals surface area contributed by atoms with Crippen LogP contribution in [-0.2, 0) is 4.79 Å². The van der Waals surface area contributed by atoms with Crippen molar-refractivity contribution in [1.29, 1.82) is 0 Å². The van der Waals surface area contributed by atoms with Gasteiger partial charge in [-0.2, -0.15) is 0 Å². The Labute approximate surface area is 140 Å². The lowest BCUT2D eigenvalue weighted by molar-refractivity contribution is -0.125. The molecule has 0 bridgehead atoms.